The number of thiazole rings is 1. The van der Waals surface area contributed by atoms with E-state index in [-0.39, 0.29) is 11.7 Å². The summed E-state index contributed by atoms with van der Waals surface area (Å²) in [5.41, 5.74) is 0.779. The van der Waals surface area contributed by atoms with Gasteiger partial charge in [0.25, 0.3) is 0 Å². The van der Waals surface area contributed by atoms with Crippen LogP contribution in [0.3, 0.4) is 0 Å². The number of hydrogen-bond donors (Lipinski definition) is 1. The zero-order valence-corrected chi connectivity index (χ0v) is 11.9. The first-order valence-corrected chi connectivity index (χ1v) is 7.52. The molecule has 0 amide bonds. The van der Waals surface area contributed by atoms with Gasteiger partial charge in [0.05, 0.1) is 5.01 Å². The van der Waals surface area contributed by atoms with Gasteiger partial charge < -0.3 is 5.32 Å². The number of hydrogen-bond acceptors (Lipinski definition) is 3. The average molecular weight is 278 g/mol. The smallest absolute Gasteiger partial charge is 0.126 e. The van der Waals surface area contributed by atoms with Crippen molar-refractivity contribution in [3.63, 3.8) is 0 Å². The van der Waals surface area contributed by atoms with E-state index in [0.29, 0.717) is 0 Å². The zero-order chi connectivity index (χ0) is 13.5. The van der Waals surface area contributed by atoms with Crippen LogP contribution in [-0.2, 0) is 6.42 Å². The van der Waals surface area contributed by atoms with Gasteiger partial charge in [-0.1, -0.05) is 25.1 Å². The molecule has 0 saturated heterocycles. The van der Waals surface area contributed by atoms with Gasteiger partial charge in [0.2, 0.25) is 0 Å². The Morgan fingerprint density at radius 1 is 1.37 bits per heavy atom. The van der Waals surface area contributed by atoms with Crippen molar-refractivity contribution in [1.29, 1.82) is 0 Å². The summed E-state index contributed by atoms with van der Waals surface area (Å²) in [6, 6.07) is 7.04. The Kier molecular flexibility index (Phi) is 5.48. The SMILES string of the molecule is CCCNCC(Cc1nccs1)c1ccccc1F. The molecular formula is C15H19FN2S. The third kappa shape index (κ3) is 4.11. The highest BCUT2D eigenvalue weighted by Crippen LogP contribution is 2.23. The third-order valence-electron chi connectivity index (χ3n) is 3.07. The number of aromatic nitrogens is 1. The Hall–Kier alpha value is -1.26. The van der Waals surface area contributed by atoms with E-state index in [2.05, 4.69) is 17.2 Å². The molecule has 0 spiro atoms. The van der Waals surface area contributed by atoms with Crippen LogP contribution in [0, 0.1) is 5.82 Å². The van der Waals surface area contributed by atoms with E-state index in [1.54, 1.807) is 23.6 Å². The van der Waals surface area contributed by atoms with E-state index < -0.39 is 0 Å². The molecule has 1 aromatic heterocycles. The van der Waals surface area contributed by atoms with Gasteiger partial charge in [-0.15, -0.1) is 11.3 Å². The van der Waals surface area contributed by atoms with E-state index in [1.807, 2.05) is 17.5 Å². The second-order valence-electron chi connectivity index (χ2n) is 4.55. The van der Waals surface area contributed by atoms with Gasteiger partial charge in [-0.05, 0) is 24.6 Å². The molecule has 1 atom stereocenters. The molecule has 0 aliphatic carbocycles. The Balaban J connectivity index is 2.11. The molecule has 0 saturated carbocycles. The summed E-state index contributed by atoms with van der Waals surface area (Å²) in [6.45, 7) is 3.88. The fraction of sp³-hybridized carbons (Fsp3) is 0.400. The summed E-state index contributed by atoms with van der Waals surface area (Å²) in [6.07, 6.45) is 3.68. The van der Waals surface area contributed by atoms with Crippen LogP contribution in [0.25, 0.3) is 0 Å². The molecule has 102 valence electrons. The van der Waals surface area contributed by atoms with E-state index in [0.717, 1.165) is 36.5 Å². The van der Waals surface area contributed by atoms with Gasteiger partial charge in [-0.25, -0.2) is 9.37 Å². The third-order valence-corrected chi connectivity index (χ3v) is 3.87. The molecule has 2 rings (SSSR count). The molecule has 0 aliphatic heterocycles. The van der Waals surface area contributed by atoms with E-state index in [9.17, 15) is 4.39 Å². The van der Waals surface area contributed by atoms with Gasteiger partial charge >= 0.3 is 0 Å². The Bertz CT molecular complexity index is 485. The van der Waals surface area contributed by atoms with Crippen LogP contribution in [0.5, 0.6) is 0 Å². The highest BCUT2D eigenvalue weighted by molar-refractivity contribution is 7.09. The molecule has 1 unspecified atom stereocenters. The minimum atomic E-state index is -0.123. The summed E-state index contributed by atoms with van der Waals surface area (Å²) >= 11 is 1.63. The number of rotatable bonds is 7. The lowest BCUT2D eigenvalue weighted by Gasteiger charge is -2.17. The molecule has 0 bridgehead atoms. The van der Waals surface area contributed by atoms with Crippen molar-refractivity contribution in [1.82, 2.24) is 10.3 Å². The van der Waals surface area contributed by atoms with E-state index >= 15 is 0 Å². The summed E-state index contributed by atoms with van der Waals surface area (Å²) in [4.78, 5) is 4.31. The van der Waals surface area contributed by atoms with Crippen LogP contribution in [0.1, 0.15) is 29.8 Å². The maximum atomic E-state index is 13.9. The Morgan fingerprint density at radius 3 is 2.89 bits per heavy atom. The lowest BCUT2D eigenvalue weighted by atomic mass is 9.95. The number of benzene rings is 1. The molecule has 19 heavy (non-hydrogen) atoms. The first kappa shape index (κ1) is 14.2. The van der Waals surface area contributed by atoms with Crippen LogP contribution in [-0.4, -0.2) is 18.1 Å². The first-order valence-electron chi connectivity index (χ1n) is 6.64. The maximum Gasteiger partial charge on any atom is 0.126 e. The second-order valence-corrected chi connectivity index (χ2v) is 5.53. The normalized spacial score (nSPS) is 12.5. The van der Waals surface area contributed by atoms with Gasteiger partial charge in [-0.2, -0.15) is 0 Å². The van der Waals surface area contributed by atoms with E-state index in [4.69, 9.17) is 0 Å². The number of nitrogens with zero attached hydrogens (tertiary/aromatic N) is 1. The lowest BCUT2D eigenvalue weighted by molar-refractivity contribution is 0.536. The Morgan fingerprint density at radius 2 is 2.21 bits per heavy atom. The Labute approximate surface area is 117 Å². The minimum Gasteiger partial charge on any atom is -0.316 e. The molecule has 1 heterocycles. The van der Waals surface area contributed by atoms with Crippen LogP contribution in [0.4, 0.5) is 4.39 Å². The largest absolute Gasteiger partial charge is 0.316 e. The van der Waals surface area contributed by atoms with Crippen molar-refractivity contribution >= 4 is 11.3 Å². The van der Waals surface area contributed by atoms with Crippen molar-refractivity contribution in [3.05, 3.63) is 52.2 Å². The molecule has 0 radical (unpaired) electrons. The summed E-state index contributed by atoms with van der Waals surface area (Å²) < 4.78 is 13.9. The lowest BCUT2D eigenvalue weighted by Crippen LogP contribution is -2.24. The first-order chi connectivity index (χ1) is 9.31. The van der Waals surface area contributed by atoms with Crippen molar-refractivity contribution in [2.75, 3.05) is 13.1 Å². The van der Waals surface area contributed by atoms with Crippen LogP contribution in [0.15, 0.2) is 35.8 Å². The summed E-state index contributed by atoms with van der Waals surface area (Å²) in [7, 11) is 0. The molecular weight excluding hydrogens is 259 g/mol. The van der Waals surface area contributed by atoms with Crippen molar-refractivity contribution in [2.24, 2.45) is 0 Å². The molecule has 1 aromatic carbocycles. The van der Waals surface area contributed by atoms with Gasteiger partial charge in [0.15, 0.2) is 0 Å². The molecule has 0 aliphatic rings. The van der Waals surface area contributed by atoms with Gasteiger partial charge in [0.1, 0.15) is 5.82 Å². The van der Waals surface area contributed by atoms with Crippen molar-refractivity contribution in [2.45, 2.75) is 25.7 Å². The quantitative estimate of drug-likeness (QED) is 0.783. The van der Waals surface area contributed by atoms with Gasteiger partial charge in [-0.3, -0.25) is 0 Å². The highest BCUT2D eigenvalue weighted by atomic mass is 32.1. The molecule has 1 N–H and O–H groups in total. The predicted octanol–water partition coefficient (Wildman–Crippen LogP) is 3.61. The highest BCUT2D eigenvalue weighted by Gasteiger charge is 2.16. The van der Waals surface area contributed by atoms with Gasteiger partial charge in [0, 0.05) is 30.5 Å². The fourth-order valence-electron chi connectivity index (χ4n) is 2.12. The summed E-state index contributed by atoms with van der Waals surface area (Å²) in [5.74, 6) is 0.0151. The van der Waals surface area contributed by atoms with Crippen molar-refractivity contribution < 1.29 is 4.39 Å². The minimum absolute atomic E-state index is 0.123. The standard InChI is InChI=1S/C15H19FN2S/c1-2-7-17-11-12(10-15-18-8-9-19-15)13-5-3-4-6-14(13)16/h3-6,8-9,12,17H,2,7,10-11H2,1H3. The second kappa shape index (κ2) is 7.36. The van der Waals surface area contributed by atoms with Crippen LogP contribution < -0.4 is 5.32 Å². The zero-order valence-electron chi connectivity index (χ0n) is 11.1. The average Bonchev–Trinajstić information content (AvgIpc) is 2.91. The van der Waals surface area contributed by atoms with Crippen LogP contribution >= 0.6 is 11.3 Å². The number of halogens is 1. The summed E-state index contributed by atoms with van der Waals surface area (Å²) in [5, 5.41) is 6.41. The monoisotopic (exact) mass is 278 g/mol. The number of nitrogens with one attached hydrogen (secondary N) is 1. The van der Waals surface area contributed by atoms with Crippen LogP contribution in [0.2, 0.25) is 0 Å². The van der Waals surface area contributed by atoms with Crippen molar-refractivity contribution in [3.8, 4) is 0 Å². The topological polar surface area (TPSA) is 24.9 Å². The molecule has 0 fully saturated rings. The fourth-order valence-corrected chi connectivity index (χ4v) is 2.81. The molecule has 2 aromatic rings. The predicted molar refractivity (Wildman–Crippen MR) is 78.1 cm³/mol. The molecule has 2 nitrogen and oxygen atoms in total. The van der Waals surface area contributed by atoms with E-state index in [1.165, 1.54) is 6.07 Å². The molecule has 4 heteroatoms. The maximum absolute atomic E-state index is 13.9.